The summed E-state index contributed by atoms with van der Waals surface area (Å²) in [5.74, 6) is -0.371. The first kappa shape index (κ1) is 18.4. The van der Waals surface area contributed by atoms with Crippen LogP contribution in [0.25, 0.3) is 5.69 Å². The first-order valence-electron chi connectivity index (χ1n) is 8.61. The number of nitrogens with one attached hydrogen (secondary N) is 1. The lowest BCUT2D eigenvalue weighted by atomic mass is 10.1. The normalized spacial score (nSPS) is 10.6. The van der Waals surface area contributed by atoms with E-state index in [1.807, 2.05) is 45.0 Å². The van der Waals surface area contributed by atoms with Crippen LogP contribution in [-0.4, -0.2) is 15.0 Å². The highest BCUT2D eigenvalue weighted by Gasteiger charge is 2.10. The van der Waals surface area contributed by atoms with Gasteiger partial charge in [-0.05, 0) is 56.2 Å². The lowest BCUT2D eigenvalue weighted by molar-refractivity contribution is -0.116. The molecule has 3 rings (SSSR count). The molecule has 138 valence electrons. The molecule has 1 heterocycles. The molecule has 0 spiro atoms. The van der Waals surface area contributed by atoms with E-state index in [9.17, 15) is 14.4 Å². The minimum absolute atomic E-state index is 0.226. The van der Waals surface area contributed by atoms with Crippen LogP contribution in [0.4, 0.5) is 5.69 Å². The Hall–Kier alpha value is -3.41. The topological polar surface area (TPSA) is 73.1 Å². The van der Waals surface area contributed by atoms with Crippen LogP contribution < -0.4 is 16.4 Å². The van der Waals surface area contributed by atoms with Gasteiger partial charge in [-0.2, -0.15) is 0 Å². The van der Waals surface area contributed by atoms with Crippen molar-refractivity contribution in [3.05, 3.63) is 92.3 Å². The maximum absolute atomic E-state index is 12.5. The Morgan fingerprint density at radius 1 is 0.889 bits per heavy atom. The van der Waals surface area contributed by atoms with E-state index in [-0.39, 0.29) is 12.5 Å². The van der Waals surface area contributed by atoms with Crippen LogP contribution in [-0.2, 0) is 11.3 Å². The smallest absolute Gasteiger partial charge is 0.320 e. The van der Waals surface area contributed by atoms with Crippen molar-refractivity contribution >= 4 is 11.6 Å². The molecule has 0 aliphatic heterocycles. The molecule has 1 N–H and O–H groups in total. The number of benzene rings is 2. The van der Waals surface area contributed by atoms with Crippen LogP contribution in [0, 0.1) is 20.8 Å². The highest BCUT2D eigenvalue weighted by Crippen LogP contribution is 2.12. The van der Waals surface area contributed by atoms with Gasteiger partial charge in [0.1, 0.15) is 6.54 Å². The molecule has 3 aromatic rings. The fourth-order valence-electron chi connectivity index (χ4n) is 2.70. The molecule has 0 saturated heterocycles. The summed E-state index contributed by atoms with van der Waals surface area (Å²) in [4.78, 5) is 37.0. The molecule has 1 aromatic heterocycles. The predicted molar refractivity (Wildman–Crippen MR) is 106 cm³/mol. The monoisotopic (exact) mass is 363 g/mol. The number of carbonyl (C=O) groups is 1. The van der Waals surface area contributed by atoms with E-state index in [1.165, 1.54) is 17.0 Å². The fourth-order valence-corrected chi connectivity index (χ4v) is 2.70. The molecule has 0 aliphatic rings. The molecule has 6 heteroatoms. The molecule has 0 atom stereocenters. The largest absolute Gasteiger partial charge is 0.325 e. The second-order valence-corrected chi connectivity index (χ2v) is 6.59. The average molecular weight is 363 g/mol. The summed E-state index contributed by atoms with van der Waals surface area (Å²) in [5.41, 5.74) is 3.05. The molecular weight excluding hydrogens is 342 g/mol. The van der Waals surface area contributed by atoms with Gasteiger partial charge in [0.25, 0.3) is 0 Å². The Bertz CT molecular complexity index is 1110. The lowest BCUT2D eigenvalue weighted by Gasteiger charge is -2.11. The summed E-state index contributed by atoms with van der Waals surface area (Å²) < 4.78 is 2.41. The quantitative estimate of drug-likeness (QED) is 0.724. The van der Waals surface area contributed by atoms with Crippen molar-refractivity contribution in [3.63, 3.8) is 0 Å². The van der Waals surface area contributed by atoms with E-state index in [2.05, 4.69) is 5.32 Å². The van der Waals surface area contributed by atoms with Gasteiger partial charge < -0.3 is 5.32 Å². The van der Waals surface area contributed by atoms with E-state index in [0.29, 0.717) is 11.4 Å². The van der Waals surface area contributed by atoms with Crippen molar-refractivity contribution in [1.29, 1.82) is 0 Å². The molecule has 1 amide bonds. The Morgan fingerprint density at radius 2 is 1.59 bits per heavy atom. The third kappa shape index (κ3) is 4.06. The molecule has 0 fully saturated rings. The summed E-state index contributed by atoms with van der Waals surface area (Å²) >= 11 is 0. The van der Waals surface area contributed by atoms with Gasteiger partial charge in [-0.3, -0.25) is 23.5 Å². The van der Waals surface area contributed by atoms with Crippen molar-refractivity contribution in [1.82, 2.24) is 9.13 Å². The van der Waals surface area contributed by atoms with Crippen molar-refractivity contribution in [2.24, 2.45) is 0 Å². The van der Waals surface area contributed by atoms with Gasteiger partial charge >= 0.3 is 11.1 Å². The third-order valence-corrected chi connectivity index (χ3v) is 4.48. The Labute approximate surface area is 156 Å². The summed E-state index contributed by atoms with van der Waals surface area (Å²) in [5, 5.41) is 2.72. The van der Waals surface area contributed by atoms with Crippen molar-refractivity contribution in [3.8, 4) is 5.69 Å². The zero-order valence-corrected chi connectivity index (χ0v) is 15.5. The molecule has 0 radical (unpaired) electrons. The number of carbonyl (C=O) groups excluding carboxylic acids is 1. The molecule has 27 heavy (non-hydrogen) atoms. The minimum atomic E-state index is -0.741. The molecule has 0 unspecified atom stereocenters. The van der Waals surface area contributed by atoms with E-state index >= 15 is 0 Å². The zero-order valence-electron chi connectivity index (χ0n) is 15.5. The van der Waals surface area contributed by atoms with Gasteiger partial charge in [0.05, 0.1) is 0 Å². The zero-order chi connectivity index (χ0) is 19.6. The first-order valence-corrected chi connectivity index (χ1v) is 8.61. The number of amides is 1. The van der Waals surface area contributed by atoms with Gasteiger partial charge in [-0.25, -0.2) is 0 Å². The molecule has 0 saturated carbocycles. The summed E-state index contributed by atoms with van der Waals surface area (Å²) in [6.07, 6.45) is 2.96. The standard InChI is InChI=1S/C21H21N3O3/c1-14-4-7-17(8-5-14)22-19(25)13-23-10-11-24(21(27)20(23)26)18-9-6-15(2)16(3)12-18/h4-12H,13H2,1-3H3,(H,22,25). The number of aromatic nitrogens is 2. The van der Waals surface area contributed by atoms with Crippen molar-refractivity contribution < 1.29 is 4.79 Å². The summed E-state index contributed by atoms with van der Waals surface area (Å²) in [6.45, 7) is 5.65. The van der Waals surface area contributed by atoms with Gasteiger partial charge in [-0.15, -0.1) is 0 Å². The van der Waals surface area contributed by atoms with Crippen molar-refractivity contribution in [2.45, 2.75) is 27.3 Å². The first-order chi connectivity index (χ1) is 12.8. The van der Waals surface area contributed by atoms with Gasteiger partial charge in [0.2, 0.25) is 5.91 Å². The van der Waals surface area contributed by atoms with Crippen LogP contribution in [0.3, 0.4) is 0 Å². The SMILES string of the molecule is Cc1ccc(NC(=O)Cn2ccn(-c3ccc(C)c(C)c3)c(=O)c2=O)cc1. The number of anilines is 1. The number of rotatable bonds is 4. The third-order valence-electron chi connectivity index (χ3n) is 4.48. The van der Waals surface area contributed by atoms with Gasteiger partial charge in [-0.1, -0.05) is 23.8 Å². The number of hydrogen-bond donors (Lipinski definition) is 1. The molecule has 0 bridgehead atoms. The number of nitrogens with zero attached hydrogens (tertiary/aromatic N) is 2. The average Bonchev–Trinajstić information content (AvgIpc) is 2.64. The maximum atomic E-state index is 12.5. The highest BCUT2D eigenvalue weighted by molar-refractivity contribution is 5.90. The fraction of sp³-hybridized carbons (Fsp3) is 0.190. The van der Waals surface area contributed by atoms with Gasteiger partial charge in [0.15, 0.2) is 0 Å². The number of aryl methyl sites for hydroxylation is 3. The van der Waals surface area contributed by atoms with Crippen molar-refractivity contribution in [2.75, 3.05) is 5.32 Å². The Morgan fingerprint density at radius 3 is 2.26 bits per heavy atom. The van der Waals surface area contributed by atoms with E-state index in [1.54, 1.807) is 18.2 Å². The molecule has 2 aromatic carbocycles. The van der Waals surface area contributed by atoms with Crippen LogP contribution in [0.1, 0.15) is 16.7 Å². The molecule has 6 nitrogen and oxygen atoms in total. The van der Waals surface area contributed by atoms with Crippen LogP contribution in [0.15, 0.2) is 64.4 Å². The van der Waals surface area contributed by atoms with Crippen LogP contribution in [0.5, 0.6) is 0 Å². The second-order valence-electron chi connectivity index (χ2n) is 6.59. The molecule has 0 aliphatic carbocycles. The summed E-state index contributed by atoms with van der Waals surface area (Å²) in [6, 6.07) is 12.9. The Balaban J connectivity index is 1.83. The second kappa shape index (κ2) is 7.45. The molecular formula is C21H21N3O3. The summed E-state index contributed by atoms with van der Waals surface area (Å²) in [7, 11) is 0. The maximum Gasteiger partial charge on any atom is 0.320 e. The van der Waals surface area contributed by atoms with E-state index in [0.717, 1.165) is 21.3 Å². The van der Waals surface area contributed by atoms with Crippen LogP contribution in [0.2, 0.25) is 0 Å². The lowest BCUT2D eigenvalue weighted by Crippen LogP contribution is -2.41. The predicted octanol–water partition coefficient (Wildman–Crippen LogP) is 2.56. The number of hydrogen-bond acceptors (Lipinski definition) is 3. The van der Waals surface area contributed by atoms with E-state index in [4.69, 9.17) is 0 Å². The highest BCUT2D eigenvalue weighted by atomic mass is 16.2. The van der Waals surface area contributed by atoms with Crippen LogP contribution >= 0.6 is 0 Å². The Kier molecular flexibility index (Phi) is 5.07. The minimum Gasteiger partial charge on any atom is -0.325 e. The van der Waals surface area contributed by atoms with Gasteiger partial charge in [0, 0.05) is 23.8 Å². The van der Waals surface area contributed by atoms with E-state index < -0.39 is 11.1 Å².